The summed E-state index contributed by atoms with van der Waals surface area (Å²) in [6.45, 7) is 3.22. The largest absolute Gasteiger partial charge is 0.361 e. The molecular formula is C12H13N3O4S. The summed E-state index contributed by atoms with van der Waals surface area (Å²) in [5.41, 5.74) is 0.827. The zero-order chi connectivity index (χ0) is 14.9. The summed E-state index contributed by atoms with van der Waals surface area (Å²) in [5.74, 6) is 0.0154. The summed E-state index contributed by atoms with van der Waals surface area (Å²) in [6, 6.07) is 5.93. The first-order valence-electron chi connectivity index (χ1n) is 5.66. The first-order chi connectivity index (χ1) is 9.29. The molecule has 0 saturated carbocycles. The predicted molar refractivity (Wildman–Crippen MR) is 71.7 cm³/mol. The molecule has 20 heavy (non-hydrogen) atoms. The van der Waals surface area contributed by atoms with Crippen molar-refractivity contribution in [1.29, 1.82) is 0 Å². The Morgan fingerprint density at radius 3 is 2.60 bits per heavy atom. The van der Waals surface area contributed by atoms with Crippen LogP contribution in [0.25, 0.3) is 0 Å². The number of carbonyl (C=O) groups is 1. The summed E-state index contributed by atoms with van der Waals surface area (Å²) in [6.07, 6.45) is 0. The zero-order valence-corrected chi connectivity index (χ0v) is 11.7. The van der Waals surface area contributed by atoms with Crippen LogP contribution in [0.3, 0.4) is 0 Å². The maximum atomic E-state index is 11.9. The Bertz CT molecular complexity index is 765. The smallest absolute Gasteiger partial charge is 0.277 e. The van der Waals surface area contributed by atoms with E-state index in [-0.39, 0.29) is 10.6 Å². The maximum Gasteiger partial charge on any atom is 0.277 e. The molecule has 0 radical (unpaired) electrons. The van der Waals surface area contributed by atoms with Crippen LogP contribution < -0.4 is 10.5 Å². The molecule has 0 unspecified atom stereocenters. The second-order valence-electron chi connectivity index (χ2n) is 4.25. The minimum Gasteiger partial charge on any atom is -0.361 e. The van der Waals surface area contributed by atoms with E-state index in [4.69, 9.17) is 9.66 Å². The number of hydrogen-bond acceptors (Lipinski definition) is 5. The molecule has 7 nitrogen and oxygen atoms in total. The van der Waals surface area contributed by atoms with Crippen molar-refractivity contribution in [3.05, 3.63) is 41.3 Å². The van der Waals surface area contributed by atoms with Gasteiger partial charge in [0, 0.05) is 11.8 Å². The number of aryl methyl sites for hydroxylation is 1. The highest BCUT2D eigenvalue weighted by Gasteiger charge is 2.17. The molecule has 3 N–H and O–H groups in total. The van der Waals surface area contributed by atoms with Gasteiger partial charge in [-0.2, -0.15) is 0 Å². The number of anilines is 1. The van der Waals surface area contributed by atoms with Crippen LogP contribution in [0.5, 0.6) is 0 Å². The van der Waals surface area contributed by atoms with Crippen LogP contribution in [0, 0.1) is 13.8 Å². The third-order valence-corrected chi connectivity index (χ3v) is 3.75. The molecule has 0 aliphatic heterocycles. The van der Waals surface area contributed by atoms with Crippen LogP contribution in [-0.2, 0) is 10.0 Å². The van der Waals surface area contributed by atoms with Gasteiger partial charge >= 0.3 is 0 Å². The minimum absolute atomic E-state index is 0.0355. The molecule has 1 amide bonds. The SMILES string of the molecule is Cc1cc(C(=O)Nc2cccc(S(N)(=O)=O)c2C)no1. The summed E-state index contributed by atoms with van der Waals surface area (Å²) >= 11 is 0. The molecule has 0 spiro atoms. The van der Waals surface area contributed by atoms with Crippen LogP contribution in [0.2, 0.25) is 0 Å². The van der Waals surface area contributed by atoms with Gasteiger partial charge in [0.05, 0.1) is 4.90 Å². The van der Waals surface area contributed by atoms with E-state index in [0.29, 0.717) is 17.0 Å². The average molecular weight is 295 g/mol. The molecule has 1 aromatic heterocycles. The van der Waals surface area contributed by atoms with Crippen LogP contribution in [0.1, 0.15) is 21.8 Å². The highest BCUT2D eigenvalue weighted by Crippen LogP contribution is 2.22. The number of nitrogens with one attached hydrogen (secondary N) is 1. The lowest BCUT2D eigenvalue weighted by Gasteiger charge is -2.10. The molecule has 106 valence electrons. The van der Waals surface area contributed by atoms with Gasteiger partial charge in [0.2, 0.25) is 10.0 Å². The van der Waals surface area contributed by atoms with E-state index in [0.717, 1.165) is 0 Å². The van der Waals surface area contributed by atoms with Gasteiger partial charge in [-0.15, -0.1) is 0 Å². The highest BCUT2D eigenvalue weighted by molar-refractivity contribution is 7.89. The first-order valence-corrected chi connectivity index (χ1v) is 7.21. The maximum absolute atomic E-state index is 11.9. The third kappa shape index (κ3) is 2.86. The molecule has 8 heteroatoms. The lowest BCUT2D eigenvalue weighted by molar-refractivity contribution is 0.101. The van der Waals surface area contributed by atoms with Gasteiger partial charge in [0.25, 0.3) is 5.91 Å². The van der Waals surface area contributed by atoms with Gasteiger partial charge < -0.3 is 9.84 Å². The van der Waals surface area contributed by atoms with Crippen molar-refractivity contribution in [1.82, 2.24) is 5.16 Å². The van der Waals surface area contributed by atoms with Gasteiger partial charge in [-0.05, 0) is 31.5 Å². The Balaban J connectivity index is 2.33. The molecule has 2 rings (SSSR count). The summed E-state index contributed by atoms with van der Waals surface area (Å²) in [5, 5.41) is 11.3. The lowest BCUT2D eigenvalue weighted by Crippen LogP contribution is -2.17. The number of rotatable bonds is 3. The number of nitrogens with two attached hydrogens (primary N) is 1. The molecule has 0 bridgehead atoms. The van der Waals surface area contributed by atoms with Gasteiger partial charge in [-0.25, -0.2) is 13.6 Å². The number of primary sulfonamides is 1. The lowest BCUT2D eigenvalue weighted by atomic mass is 10.2. The second kappa shape index (κ2) is 5.06. The molecule has 0 aliphatic carbocycles. The zero-order valence-electron chi connectivity index (χ0n) is 10.9. The summed E-state index contributed by atoms with van der Waals surface area (Å²) in [4.78, 5) is 11.9. The first kappa shape index (κ1) is 14.2. The number of carbonyl (C=O) groups excluding carboxylic acids is 1. The van der Waals surface area contributed by atoms with Crippen LogP contribution in [0.4, 0.5) is 5.69 Å². The van der Waals surface area contributed by atoms with Crippen molar-refractivity contribution in [2.75, 3.05) is 5.32 Å². The standard InChI is InChI=1S/C12H13N3O4S/c1-7-6-10(15-19-7)12(16)14-9-4-3-5-11(8(9)2)20(13,17)18/h3-6H,1-2H3,(H,14,16)(H2,13,17,18). The molecule has 2 aromatic rings. The van der Waals surface area contributed by atoms with Gasteiger partial charge in [0.1, 0.15) is 5.76 Å². The van der Waals surface area contributed by atoms with Gasteiger partial charge in [-0.1, -0.05) is 11.2 Å². The van der Waals surface area contributed by atoms with E-state index in [1.807, 2.05) is 0 Å². The summed E-state index contributed by atoms with van der Waals surface area (Å²) in [7, 11) is -3.84. The molecule has 0 saturated heterocycles. The number of aromatic nitrogens is 1. The van der Waals surface area contributed by atoms with Crippen molar-refractivity contribution in [2.24, 2.45) is 5.14 Å². The fraction of sp³-hybridized carbons (Fsp3) is 0.167. The second-order valence-corrected chi connectivity index (χ2v) is 5.78. The van der Waals surface area contributed by atoms with Gasteiger partial charge in [0.15, 0.2) is 5.69 Å². The molecule has 0 aliphatic rings. The van der Waals surface area contributed by atoms with Crippen molar-refractivity contribution >= 4 is 21.6 Å². The molecule has 1 aromatic carbocycles. The Hall–Kier alpha value is -2.19. The molecule has 0 atom stereocenters. The van der Waals surface area contributed by atoms with Crippen LogP contribution in [0.15, 0.2) is 33.7 Å². The molecule has 1 heterocycles. The van der Waals surface area contributed by atoms with Crippen molar-refractivity contribution in [3.63, 3.8) is 0 Å². The van der Waals surface area contributed by atoms with Crippen LogP contribution in [-0.4, -0.2) is 19.5 Å². The third-order valence-electron chi connectivity index (χ3n) is 2.70. The number of benzene rings is 1. The quantitative estimate of drug-likeness (QED) is 0.882. The monoisotopic (exact) mass is 295 g/mol. The Morgan fingerprint density at radius 1 is 1.35 bits per heavy atom. The summed E-state index contributed by atoms with van der Waals surface area (Å²) < 4.78 is 27.6. The van der Waals surface area contributed by atoms with E-state index in [1.165, 1.54) is 18.2 Å². The van der Waals surface area contributed by atoms with Gasteiger partial charge in [-0.3, -0.25) is 4.79 Å². The average Bonchev–Trinajstić information content (AvgIpc) is 2.77. The fourth-order valence-electron chi connectivity index (χ4n) is 1.72. The van der Waals surface area contributed by atoms with Crippen molar-refractivity contribution < 1.29 is 17.7 Å². The number of nitrogens with zero attached hydrogens (tertiary/aromatic N) is 1. The number of hydrogen-bond donors (Lipinski definition) is 2. The predicted octanol–water partition coefficient (Wildman–Crippen LogP) is 1.19. The number of sulfonamides is 1. The van der Waals surface area contributed by atoms with E-state index in [2.05, 4.69) is 10.5 Å². The molecular weight excluding hydrogens is 282 g/mol. The van der Waals surface area contributed by atoms with E-state index >= 15 is 0 Å². The Morgan fingerprint density at radius 2 is 2.05 bits per heavy atom. The highest BCUT2D eigenvalue weighted by atomic mass is 32.2. The molecule has 0 fully saturated rings. The number of amides is 1. The topological polar surface area (TPSA) is 115 Å². The van der Waals surface area contributed by atoms with E-state index in [9.17, 15) is 13.2 Å². The van der Waals surface area contributed by atoms with Crippen LogP contribution >= 0.6 is 0 Å². The van der Waals surface area contributed by atoms with E-state index < -0.39 is 15.9 Å². The minimum atomic E-state index is -3.84. The van der Waals surface area contributed by atoms with Crippen molar-refractivity contribution in [3.8, 4) is 0 Å². The van der Waals surface area contributed by atoms with E-state index in [1.54, 1.807) is 19.9 Å². The Kier molecular flexibility index (Phi) is 3.60. The normalized spacial score (nSPS) is 11.3. The fourth-order valence-corrected chi connectivity index (χ4v) is 2.52. The van der Waals surface area contributed by atoms with Crippen molar-refractivity contribution in [2.45, 2.75) is 18.7 Å². The Labute approximate surface area is 115 Å².